The quantitative estimate of drug-likeness (QED) is 0.398. The van der Waals surface area contributed by atoms with Crippen molar-refractivity contribution < 1.29 is 4.74 Å². The number of nitrogens with zero attached hydrogens (tertiary/aromatic N) is 4. The van der Waals surface area contributed by atoms with Crippen LogP contribution in [0.1, 0.15) is 12.2 Å². The van der Waals surface area contributed by atoms with E-state index >= 15 is 0 Å². The van der Waals surface area contributed by atoms with E-state index in [1.807, 2.05) is 29.9 Å². The van der Waals surface area contributed by atoms with Crippen LogP contribution in [0, 0.1) is 0 Å². The number of halogens is 1. The first-order valence-corrected chi connectivity index (χ1v) is 8.52. The van der Waals surface area contributed by atoms with Crippen molar-refractivity contribution >= 4 is 35.6 Å². The zero-order valence-corrected chi connectivity index (χ0v) is 17.8. The van der Waals surface area contributed by atoms with Gasteiger partial charge in [-0.05, 0) is 18.6 Å². The van der Waals surface area contributed by atoms with Crippen LogP contribution in [0.15, 0.2) is 41.7 Å². The third-order valence-electron chi connectivity index (χ3n) is 4.51. The number of ether oxygens (including phenoxy) is 1. The lowest BCUT2D eigenvalue weighted by Gasteiger charge is -2.21. The van der Waals surface area contributed by atoms with Gasteiger partial charge in [0.2, 0.25) is 0 Å². The molecule has 8 heteroatoms. The van der Waals surface area contributed by atoms with Gasteiger partial charge < -0.3 is 24.8 Å². The first kappa shape index (κ1) is 20.3. The van der Waals surface area contributed by atoms with Gasteiger partial charge in [-0.25, -0.2) is 4.98 Å². The van der Waals surface area contributed by atoms with Gasteiger partial charge in [0, 0.05) is 57.4 Å². The second kappa shape index (κ2) is 9.65. The highest BCUT2D eigenvalue weighted by molar-refractivity contribution is 14.0. The van der Waals surface area contributed by atoms with Crippen LogP contribution in [0.5, 0.6) is 5.75 Å². The van der Waals surface area contributed by atoms with Gasteiger partial charge in [0.15, 0.2) is 5.96 Å². The highest BCUT2D eigenvalue weighted by atomic mass is 127. The van der Waals surface area contributed by atoms with Crippen molar-refractivity contribution in [3.8, 4) is 5.75 Å². The molecule has 0 radical (unpaired) electrons. The molecular weight excluding hydrogens is 443 g/mol. The molecule has 1 saturated heterocycles. The monoisotopic (exact) mass is 470 g/mol. The largest absolute Gasteiger partial charge is 0.497 e. The normalized spacial score (nSPS) is 17.0. The van der Waals surface area contributed by atoms with Gasteiger partial charge in [-0.1, -0.05) is 6.07 Å². The summed E-state index contributed by atoms with van der Waals surface area (Å²) in [5.41, 5.74) is 1.19. The first-order valence-electron chi connectivity index (χ1n) is 8.52. The lowest BCUT2D eigenvalue weighted by atomic mass is 10.2. The van der Waals surface area contributed by atoms with Gasteiger partial charge >= 0.3 is 0 Å². The first-order chi connectivity index (χ1) is 12.2. The van der Waals surface area contributed by atoms with E-state index in [0.29, 0.717) is 12.6 Å². The fraction of sp³-hybridized carbons (Fsp3) is 0.444. The highest BCUT2D eigenvalue weighted by Crippen LogP contribution is 2.24. The van der Waals surface area contributed by atoms with Crippen LogP contribution in [-0.2, 0) is 13.6 Å². The Morgan fingerprint density at radius 3 is 2.96 bits per heavy atom. The molecule has 3 rings (SSSR count). The maximum absolute atomic E-state index is 5.32. The molecule has 2 aromatic rings. The molecule has 0 spiro atoms. The van der Waals surface area contributed by atoms with Crippen molar-refractivity contribution in [2.24, 2.45) is 12.0 Å². The summed E-state index contributed by atoms with van der Waals surface area (Å²) in [6.07, 6.45) is 4.81. The van der Waals surface area contributed by atoms with E-state index in [-0.39, 0.29) is 24.0 Å². The van der Waals surface area contributed by atoms with Crippen LogP contribution in [0.3, 0.4) is 0 Å². The van der Waals surface area contributed by atoms with E-state index in [9.17, 15) is 0 Å². The Bertz CT molecular complexity index is 732. The number of hydrogen-bond donors (Lipinski definition) is 2. The summed E-state index contributed by atoms with van der Waals surface area (Å²) in [5, 5.41) is 6.83. The summed E-state index contributed by atoms with van der Waals surface area (Å²) in [6, 6.07) is 8.56. The number of aliphatic imine (C=N–C) groups is 1. The molecule has 0 bridgehead atoms. The number of aromatic nitrogens is 2. The van der Waals surface area contributed by atoms with Crippen molar-refractivity contribution in [3.05, 3.63) is 42.5 Å². The number of methoxy groups -OCH3 is 1. The number of anilines is 1. The SMILES string of the molecule is CN=C(NCc1nccn1C)NC1CCN(c2cccc(OC)c2)C1.I. The van der Waals surface area contributed by atoms with Crippen LogP contribution in [0.4, 0.5) is 5.69 Å². The molecule has 0 saturated carbocycles. The van der Waals surface area contributed by atoms with Gasteiger partial charge in [0.1, 0.15) is 11.6 Å². The van der Waals surface area contributed by atoms with Gasteiger partial charge in [-0.3, -0.25) is 4.99 Å². The molecule has 0 aliphatic carbocycles. The smallest absolute Gasteiger partial charge is 0.191 e. The molecule has 1 aliphatic heterocycles. The van der Waals surface area contributed by atoms with Gasteiger partial charge in [0.05, 0.1) is 13.7 Å². The number of rotatable bonds is 5. The number of benzene rings is 1. The molecule has 1 fully saturated rings. The molecule has 1 aromatic carbocycles. The van der Waals surface area contributed by atoms with Crippen LogP contribution in [-0.4, -0.2) is 48.8 Å². The second-order valence-corrected chi connectivity index (χ2v) is 6.16. The minimum absolute atomic E-state index is 0. The average Bonchev–Trinajstić information content (AvgIpc) is 3.27. The molecular formula is C18H27IN6O. The van der Waals surface area contributed by atoms with Crippen molar-refractivity contribution in [3.63, 3.8) is 0 Å². The van der Waals surface area contributed by atoms with Crippen molar-refractivity contribution in [2.75, 3.05) is 32.1 Å². The van der Waals surface area contributed by atoms with Crippen LogP contribution < -0.4 is 20.3 Å². The third kappa shape index (κ3) is 5.03. The summed E-state index contributed by atoms with van der Waals surface area (Å²) in [4.78, 5) is 11.0. The minimum atomic E-state index is 0. The Balaban J connectivity index is 0.00000243. The fourth-order valence-electron chi connectivity index (χ4n) is 3.04. The zero-order valence-electron chi connectivity index (χ0n) is 15.5. The van der Waals surface area contributed by atoms with E-state index in [2.05, 4.69) is 37.6 Å². The summed E-state index contributed by atoms with van der Waals surface area (Å²) in [5.74, 6) is 2.68. The Hall–Kier alpha value is -1.97. The standard InChI is InChI=1S/C18H26N6O.HI/c1-19-18(21-12-17-20-8-10-23(17)2)22-14-7-9-24(13-14)15-5-4-6-16(11-15)25-3;/h4-6,8,10-11,14H,7,9,12-13H2,1-3H3,(H2,19,21,22);1H. The van der Waals surface area contributed by atoms with E-state index < -0.39 is 0 Å². The second-order valence-electron chi connectivity index (χ2n) is 6.16. The molecule has 142 valence electrons. The van der Waals surface area contributed by atoms with E-state index in [4.69, 9.17) is 4.74 Å². The van der Waals surface area contributed by atoms with Crippen LogP contribution in [0.2, 0.25) is 0 Å². The number of aryl methyl sites for hydroxylation is 1. The van der Waals surface area contributed by atoms with Crippen LogP contribution in [0.25, 0.3) is 0 Å². The Morgan fingerprint density at radius 1 is 1.42 bits per heavy atom. The molecule has 2 heterocycles. The van der Waals surface area contributed by atoms with Crippen LogP contribution >= 0.6 is 24.0 Å². The Labute approximate surface area is 171 Å². The maximum atomic E-state index is 5.32. The van der Waals surface area contributed by atoms with E-state index in [1.165, 1.54) is 5.69 Å². The predicted octanol–water partition coefficient (Wildman–Crippen LogP) is 1.99. The number of imidazole rings is 1. The summed E-state index contributed by atoms with van der Waals surface area (Å²) < 4.78 is 7.32. The summed E-state index contributed by atoms with van der Waals surface area (Å²) >= 11 is 0. The lowest BCUT2D eigenvalue weighted by molar-refractivity contribution is 0.415. The molecule has 0 amide bonds. The third-order valence-corrected chi connectivity index (χ3v) is 4.51. The molecule has 7 nitrogen and oxygen atoms in total. The van der Waals surface area contributed by atoms with Gasteiger partial charge in [0.25, 0.3) is 0 Å². The lowest BCUT2D eigenvalue weighted by Crippen LogP contribution is -2.44. The molecule has 1 aromatic heterocycles. The fourth-order valence-corrected chi connectivity index (χ4v) is 3.04. The minimum Gasteiger partial charge on any atom is -0.497 e. The molecule has 1 unspecified atom stereocenters. The van der Waals surface area contributed by atoms with Gasteiger partial charge in [-0.15, -0.1) is 24.0 Å². The van der Waals surface area contributed by atoms with Crippen molar-refractivity contribution in [1.29, 1.82) is 0 Å². The molecule has 1 atom stereocenters. The molecule has 2 N–H and O–H groups in total. The Kier molecular flexibility index (Phi) is 7.55. The van der Waals surface area contributed by atoms with Crippen molar-refractivity contribution in [1.82, 2.24) is 20.2 Å². The maximum Gasteiger partial charge on any atom is 0.191 e. The summed E-state index contributed by atoms with van der Waals surface area (Å²) in [7, 11) is 5.48. The highest BCUT2D eigenvalue weighted by Gasteiger charge is 2.23. The predicted molar refractivity (Wildman–Crippen MR) is 116 cm³/mol. The van der Waals surface area contributed by atoms with Crippen molar-refractivity contribution in [2.45, 2.75) is 19.0 Å². The number of guanidine groups is 1. The number of nitrogens with one attached hydrogen (secondary N) is 2. The molecule has 1 aliphatic rings. The number of hydrogen-bond acceptors (Lipinski definition) is 4. The van der Waals surface area contributed by atoms with Gasteiger partial charge in [-0.2, -0.15) is 0 Å². The Morgan fingerprint density at radius 2 is 2.27 bits per heavy atom. The van der Waals surface area contributed by atoms with E-state index in [1.54, 1.807) is 20.4 Å². The topological polar surface area (TPSA) is 66.7 Å². The van der Waals surface area contributed by atoms with E-state index in [0.717, 1.165) is 37.0 Å². The molecule has 26 heavy (non-hydrogen) atoms. The average molecular weight is 470 g/mol. The zero-order chi connectivity index (χ0) is 17.6. The summed E-state index contributed by atoms with van der Waals surface area (Å²) in [6.45, 7) is 2.60.